The van der Waals surface area contributed by atoms with Gasteiger partial charge in [0.1, 0.15) is 5.82 Å². The fraction of sp³-hybridized carbons (Fsp3) is 0.474. The number of amides is 3. The number of anilines is 1. The lowest BCUT2D eigenvalue weighted by molar-refractivity contribution is -0.115. The molecule has 2 aliphatic rings. The number of benzene rings is 1. The largest absolute Gasteiger partial charge is 0.338 e. The number of azo groups is 1. The zero-order valence-electron chi connectivity index (χ0n) is 14.8. The Balaban J connectivity index is 1.75. The lowest BCUT2D eigenvalue weighted by atomic mass is 9.84. The highest BCUT2D eigenvalue weighted by atomic mass is 19.1. The molecule has 7 heteroatoms. The highest BCUT2D eigenvalue weighted by molar-refractivity contribution is 5.95. The van der Waals surface area contributed by atoms with E-state index in [1.54, 1.807) is 12.1 Å². The van der Waals surface area contributed by atoms with Crippen molar-refractivity contribution >= 4 is 17.6 Å². The zero-order chi connectivity index (χ0) is 18.5. The summed E-state index contributed by atoms with van der Waals surface area (Å²) in [6.45, 7) is 2.47. The molecule has 1 unspecified atom stereocenters. The second-order valence-electron chi connectivity index (χ2n) is 6.65. The molecule has 0 bridgehead atoms. The van der Waals surface area contributed by atoms with E-state index in [1.807, 2.05) is 6.92 Å². The molecule has 0 fully saturated rings. The molecule has 138 valence electrons. The normalized spacial score (nSPS) is 19.3. The number of hydrogen-bond acceptors (Lipinski definition) is 3. The number of nitrogens with zero attached hydrogens (tertiary/aromatic N) is 2. The van der Waals surface area contributed by atoms with Gasteiger partial charge in [-0.1, -0.05) is 13.0 Å². The average Bonchev–Trinajstić information content (AvgIpc) is 2.65. The van der Waals surface area contributed by atoms with Gasteiger partial charge in [0.2, 0.25) is 0 Å². The predicted octanol–water partition coefficient (Wildman–Crippen LogP) is 4.13. The van der Waals surface area contributed by atoms with Crippen LogP contribution < -0.4 is 10.6 Å². The minimum atomic E-state index is -0.488. The van der Waals surface area contributed by atoms with Crippen LogP contribution in [0.2, 0.25) is 0 Å². The molecule has 3 rings (SSSR count). The molecule has 1 heterocycles. The Morgan fingerprint density at radius 2 is 2.12 bits per heavy atom. The molecule has 1 aromatic carbocycles. The van der Waals surface area contributed by atoms with Crippen molar-refractivity contribution in [1.29, 1.82) is 0 Å². The maximum atomic E-state index is 14.0. The van der Waals surface area contributed by atoms with E-state index in [9.17, 15) is 14.0 Å². The minimum absolute atomic E-state index is 0.137. The van der Waals surface area contributed by atoms with Gasteiger partial charge >= 0.3 is 6.03 Å². The van der Waals surface area contributed by atoms with Crippen molar-refractivity contribution in [3.8, 4) is 0 Å². The maximum absolute atomic E-state index is 14.0. The summed E-state index contributed by atoms with van der Waals surface area (Å²) >= 11 is 0. The van der Waals surface area contributed by atoms with Crippen LogP contribution in [0.1, 0.15) is 44.6 Å². The Hall–Kier alpha value is -2.57. The van der Waals surface area contributed by atoms with E-state index < -0.39 is 11.8 Å². The van der Waals surface area contributed by atoms with Crippen LogP contribution in [0.5, 0.6) is 0 Å². The van der Waals surface area contributed by atoms with Crippen LogP contribution in [-0.4, -0.2) is 24.5 Å². The molecule has 1 atom stereocenters. The lowest BCUT2D eigenvalue weighted by Crippen LogP contribution is -2.29. The lowest BCUT2D eigenvalue weighted by Gasteiger charge is -2.25. The van der Waals surface area contributed by atoms with E-state index >= 15 is 0 Å². The van der Waals surface area contributed by atoms with Gasteiger partial charge < -0.3 is 10.6 Å². The third kappa shape index (κ3) is 4.15. The Kier molecular flexibility index (Phi) is 5.75. The van der Waals surface area contributed by atoms with Gasteiger partial charge in [0.25, 0.3) is 5.91 Å². The molecule has 26 heavy (non-hydrogen) atoms. The third-order valence-corrected chi connectivity index (χ3v) is 4.70. The minimum Gasteiger partial charge on any atom is -0.338 e. The molecule has 1 aromatic rings. The average molecular weight is 358 g/mol. The highest BCUT2D eigenvalue weighted by Gasteiger charge is 2.29. The van der Waals surface area contributed by atoms with Gasteiger partial charge in [0, 0.05) is 18.5 Å². The van der Waals surface area contributed by atoms with Gasteiger partial charge in [-0.2, -0.15) is 5.11 Å². The van der Waals surface area contributed by atoms with Crippen LogP contribution >= 0.6 is 0 Å². The predicted molar refractivity (Wildman–Crippen MR) is 96.6 cm³/mol. The molecular formula is C19H23FN4O2. The summed E-state index contributed by atoms with van der Waals surface area (Å²) in [7, 11) is 0. The van der Waals surface area contributed by atoms with Crippen molar-refractivity contribution in [3.05, 3.63) is 40.7 Å². The summed E-state index contributed by atoms with van der Waals surface area (Å²) in [6, 6.07) is 4.03. The van der Waals surface area contributed by atoms with Crippen LogP contribution in [-0.2, 0) is 11.2 Å². The van der Waals surface area contributed by atoms with Crippen molar-refractivity contribution in [2.45, 2.75) is 51.5 Å². The second kappa shape index (κ2) is 8.21. The van der Waals surface area contributed by atoms with Crippen LogP contribution in [0.3, 0.4) is 0 Å². The van der Waals surface area contributed by atoms with E-state index in [4.69, 9.17) is 0 Å². The van der Waals surface area contributed by atoms with Crippen molar-refractivity contribution in [1.82, 2.24) is 5.32 Å². The van der Waals surface area contributed by atoms with Crippen LogP contribution in [0.25, 0.3) is 0 Å². The first-order valence-electron chi connectivity index (χ1n) is 9.09. The molecule has 0 aromatic heterocycles. The Morgan fingerprint density at radius 1 is 1.31 bits per heavy atom. The topological polar surface area (TPSA) is 82.9 Å². The van der Waals surface area contributed by atoms with Gasteiger partial charge in [-0.05, 0) is 55.4 Å². The van der Waals surface area contributed by atoms with Gasteiger partial charge in [0.05, 0.1) is 11.7 Å². The first kappa shape index (κ1) is 18.2. The molecule has 1 aliphatic carbocycles. The van der Waals surface area contributed by atoms with Crippen molar-refractivity contribution in [2.24, 2.45) is 10.2 Å². The Labute approximate surface area is 152 Å². The van der Waals surface area contributed by atoms with E-state index in [-0.39, 0.29) is 17.6 Å². The molecule has 2 N–H and O–H groups in total. The second-order valence-corrected chi connectivity index (χ2v) is 6.65. The Bertz CT molecular complexity index is 773. The number of urea groups is 1. The molecule has 0 radical (unpaired) electrons. The maximum Gasteiger partial charge on any atom is 0.319 e. The summed E-state index contributed by atoms with van der Waals surface area (Å²) in [5, 5.41) is 13.2. The van der Waals surface area contributed by atoms with Crippen molar-refractivity contribution in [2.75, 3.05) is 11.9 Å². The highest BCUT2D eigenvalue weighted by Crippen LogP contribution is 2.34. The zero-order valence-corrected chi connectivity index (χ0v) is 14.8. The van der Waals surface area contributed by atoms with Crippen molar-refractivity contribution < 1.29 is 14.0 Å². The van der Waals surface area contributed by atoms with E-state index in [2.05, 4.69) is 20.9 Å². The van der Waals surface area contributed by atoms with E-state index in [1.165, 1.54) is 6.07 Å². The molecule has 0 spiro atoms. The van der Waals surface area contributed by atoms with Gasteiger partial charge in [-0.3, -0.25) is 4.79 Å². The molecule has 0 saturated heterocycles. The monoisotopic (exact) mass is 358 g/mol. The number of carbonyl (C=O) groups is 2. The van der Waals surface area contributed by atoms with Crippen LogP contribution in [0.4, 0.5) is 14.9 Å². The summed E-state index contributed by atoms with van der Waals surface area (Å²) in [4.78, 5) is 23.7. The van der Waals surface area contributed by atoms with Crippen LogP contribution in [0.15, 0.2) is 39.6 Å². The first-order chi connectivity index (χ1) is 12.6. The van der Waals surface area contributed by atoms with E-state index in [0.29, 0.717) is 13.0 Å². The number of carbonyl (C=O) groups excluding carboxylic acids is 2. The molecular weight excluding hydrogens is 335 g/mol. The number of rotatable bonds is 5. The SMILES string of the molecule is CCCNC(=O)Nc1cc(CC2N=NC(=O)C3=C2CCCC3)ccc1F. The van der Waals surface area contributed by atoms with Gasteiger partial charge in [0.15, 0.2) is 0 Å². The van der Waals surface area contributed by atoms with E-state index in [0.717, 1.165) is 48.8 Å². The first-order valence-corrected chi connectivity index (χ1v) is 9.09. The number of hydrogen-bond donors (Lipinski definition) is 2. The summed E-state index contributed by atoms with van der Waals surface area (Å²) in [5.41, 5.74) is 2.84. The molecule has 6 nitrogen and oxygen atoms in total. The number of halogens is 1. The molecule has 0 saturated carbocycles. The molecule has 1 aliphatic heterocycles. The summed E-state index contributed by atoms with van der Waals surface area (Å²) in [6.07, 6.45) is 5.00. The van der Waals surface area contributed by atoms with Gasteiger partial charge in [-0.15, -0.1) is 5.11 Å². The fourth-order valence-corrected chi connectivity index (χ4v) is 3.38. The third-order valence-electron chi connectivity index (χ3n) is 4.70. The fourth-order valence-electron chi connectivity index (χ4n) is 3.38. The molecule has 3 amide bonds. The van der Waals surface area contributed by atoms with Crippen molar-refractivity contribution in [3.63, 3.8) is 0 Å². The Morgan fingerprint density at radius 3 is 2.92 bits per heavy atom. The quantitative estimate of drug-likeness (QED) is 0.829. The number of nitrogens with one attached hydrogen (secondary N) is 2. The van der Waals surface area contributed by atoms with Gasteiger partial charge in [-0.25, -0.2) is 9.18 Å². The summed E-state index contributed by atoms with van der Waals surface area (Å²) < 4.78 is 14.0. The standard InChI is InChI=1S/C19H23FN4O2/c1-2-9-21-19(26)22-17-11-12(7-8-15(17)20)10-16-13-5-3-4-6-14(13)18(25)24-23-16/h7-8,11,16H,2-6,9-10H2,1H3,(H2,21,22,26). The summed E-state index contributed by atoms with van der Waals surface area (Å²) in [5.74, 6) is -0.705. The van der Waals surface area contributed by atoms with Crippen LogP contribution in [0, 0.1) is 5.82 Å². The smallest absolute Gasteiger partial charge is 0.319 e.